The van der Waals surface area contributed by atoms with Crippen molar-refractivity contribution in [3.8, 4) is 5.88 Å². The number of rotatable bonds is 6. The monoisotopic (exact) mass is 308 g/mol. The molecule has 3 nitrogen and oxygen atoms in total. The molecule has 2 rings (SSSR count). The third-order valence-corrected chi connectivity index (χ3v) is 3.12. The van der Waals surface area contributed by atoms with Gasteiger partial charge in [-0.05, 0) is 37.6 Å². The Morgan fingerprint density at radius 2 is 2.10 bits per heavy atom. The van der Waals surface area contributed by atoms with Crippen LogP contribution in [0.3, 0.4) is 0 Å². The highest BCUT2D eigenvalue weighted by molar-refractivity contribution is 6.30. The van der Waals surface area contributed by atoms with E-state index in [2.05, 4.69) is 10.3 Å². The van der Waals surface area contributed by atoms with Crippen molar-refractivity contribution in [2.75, 3.05) is 0 Å². The van der Waals surface area contributed by atoms with Crippen molar-refractivity contribution in [3.63, 3.8) is 0 Å². The van der Waals surface area contributed by atoms with Gasteiger partial charge in [0.2, 0.25) is 5.88 Å². The highest BCUT2D eigenvalue weighted by atomic mass is 35.5. The number of pyridine rings is 1. The van der Waals surface area contributed by atoms with Crippen molar-refractivity contribution in [1.82, 2.24) is 10.3 Å². The minimum atomic E-state index is -0.403. The number of hydrogen-bond acceptors (Lipinski definition) is 3. The number of nitrogens with one attached hydrogen (secondary N) is 1. The van der Waals surface area contributed by atoms with Crippen LogP contribution in [0.15, 0.2) is 36.5 Å². The van der Waals surface area contributed by atoms with E-state index in [1.807, 2.05) is 26.0 Å². The van der Waals surface area contributed by atoms with Crippen LogP contribution in [0.2, 0.25) is 5.02 Å². The first-order valence-electron chi connectivity index (χ1n) is 6.81. The summed E-state index contributed by atoms with van der Waals surface area (Å²) in [6, 6.07) is 8.55. The highest BCUT2D eigenvalue weighted by Gasteiger charge is 2.06. The molecule has 1 aromatic heterocycles. The van der Waals surface area contributed by atoms with Gasteiger partial charge in [0, 0.05) is 24.8 Å². The predicted octanol–water partition coefficient (Wildman–Crippen LogP) is 3.95. The first-order valence-corrected chi connectivity index (χ1v) is 7.19. The summed E-state index contributed by atoms with van der Waals surface area (Å²) in [5.74, 6) is 0.234. The van der Waals surface area contributed by atoms with E-state index in [4.69, 9.17) is 16.3 Å². The molecule has 0 spiro atoms. The van der Waals surface area contributed by atoms with E-state index in [0.717, 1.165) is 11.1 Å². The van der Waals surface area contributed by atoms with Gasteiger partial charge in [0.25, 0.3) is 0 Å². The normalized spacial score (nSPS) is 10.9. The number of ether oxygens (including phenoxy) is 1. The second-order valence-electron chi connectivity index (χ2n) is 4.99. The first kappa shape index (κ1) is 15.7. The zero-order valence-electron chi connectivity index (χ0n) is 12.1. The minimum Gasteiger partial charge on any atom is -0.475 e. The van der Waals surface area contributed by atoms with Gasteiger partial charge in [-0.3, -0.25) is 0 Å². The summed E-state index contributed by atoms with van der Waals surface area (Å²) in [4.78, 5) is 4.24. The Labute approximate surface area is 129 Å². The zero-order valence-corrected chi connectivity index (χ0v) is 12.8. The lowest BCUT2D eigenvalue weighted by Crippen LogP contribution is -2.15. The smallest absolute Gasteiger partial charge is 0.218 e. The van der Waals surface area contributed by atoms with E-state index in [1.165, 1.54) is 6.07 Å². The fraction of sp³-hybridized carbons (Fsp3) is 0.312. The predicted molar refractivity (Wildman–Crippen MR) is 82.0 cm³/mol. The summed E-state index contributed by atoms with van der Waals surface area (Å²) < 4.78 is 18.7. The van der Waals surface area contributed by atoms with Crippen molar-refractivity contribution >= 4 is 11.6 Å². The van der Waals surface area contributed by atoms with Gasteiger partial charge in [0.1, 0.15) is 5.82 Å². The molecule has 0 bridgehead atoms. The van der Waals surface area contributed by atoms with Crippen LogP contribution < -0.4 is 10.1 Å². The minimum absolute atomic E-state index is 0.0783. The standard InChI is InChI=1S/C16H18ClFN2O/c1-11(2)21-16-13(4-3-7-20-16)10-19-9-12-5-6-15(18)14(17)8-12/h3-8,11,19H,9-10H2,1-2H3. The molecule has 0 saturated carbocycles. The molecule has 0 unspecified atom stereocenters. The summed E-state index contributed by atoms with van der Waals surface area (Å²) >= 11 is 5.76. The number of hydrogen-bond donors (Lipinski definition) is 1. The Bertz CT molecular complexity index is 605. The van der Waals surface area contributed by atoms with Crippen LogP contribution in [0.4, 0.5) is 4.39 Å². The maximum Gasteiger partial charge on any atom is 0.218 e. The van der Waals surface area contributed by atoms with Gasteiger partial charge in [0.15, 0.2) is 0 Å². The molecular formula is C16H18ClFN2O. The lowest BCUT2D eigenvalue weighted by atomic mass is 10.2. The van der Waals surface area contributed by atoms with Gasteiger partial charge in [-0.2, -0.15) is 0 Å². The number of halogens is 2. The Balaban J connectivity index is 1.95. The Morgan fingerprint density at radius 1 is 1.29 bits per heavy atom. The van der Waals surface area contributed by atoms with Gasteiger partial charge in [-0.1, -0.05) is 23.7 Å². The molecule has 0 saturated heterocycles. The van der Waals surface area contributed by atoms with Crippen molar-refractivity contribution in [3.05, 3.63) is 58.5 Å². The van der Waals surface area contributed by atoms with Gasteiger partial charge in [-0.15, -0.1) is 0 Å². The molecule has 0 fully saturated rings. The van der Waals surface area contributed by atoms with Crippen LogP contribution in [0.5, 0.6) is 5.88 Å². The van der Waals surface area contributed by atoms with E-state index in [-0.39, 0.29) is 11.1 Å². The average Bonchev–Trinajstić information content (AvgIpc) is 2.44. The molecule has 1 heterocycles. The molecule has 1 aromatic carbocycles. The lowest BCUT2D eigenvalue weighted by Gasteiger charge is -2.13. The molecule has 5 heteroatoms. The largest absolute Gasteiger partial charge is 0.475 e. The first-order chi connectivity index (χ1) is 10.1. The maximum absolute atomic E-state index is 13.1. The average molecular weight is 309 g/mol. The van der Waals surface area contributed by atoms with Gasteiger partial charge >= 0.3 is 0 Å². The van der Waals surface area contributed by atoms with E-state index in [9.17, 15) is 4.39 Å². The molecule has 1 N–H and O–H groups in total. The quantitative estimate of drug-likeness (QED) is 0.877. The molecule has 0 aliphatic rings. The molecule has 0 amide bonds. The van der Waals surface area contributed by atoms with E-state index in [0.29, 0.717) is 19.0 Å². The molecule has 2 aromatic rings. The second kappa shape index (κ2) is 7.38. The summed E-state index contributed by atoms with van der Waals surface area (Å²) in [7, 11) is 0. The van der Waals surface area contributed by atoms with Crippen molar-refractivity contribution in [1.29, 1.82) is 0 Å². The van der Waals surface area contributed by atoms with Crippen LogP contribution >= 0.6 is 11.6 Å². The molecule has 0 aliphatic carbocycles. The van der Waals surface area contributed by atoms with E-state index in [1.54, 1.807) is 18.3 Å². The number of aromatic nitrogens is 1. The third kappa shape index (κ3) is 4.69. The zero-order chi connectivity index (χ0) is 15.2. The van der Waals surface area contributed by atoms with Crippen molar-refractivity contribution < 1.29 is 9.13 Å². The van der Waals surface area contributed by atoms with E-state index < -0.39 is 5.82 Å². The Hall–Kier alpha value is -1.65. The van der Waals surface area contributed by atoms with Crippen LogP contribution in [-0.4, -0.2) is 11.1 Å². The topological polar surface area (TPSA) is 34.1 Å². The number of benzene rings is 1. The Kier molecular flexibility index (Phi) is 5.53. The molecule has 0 radical (unpaired) electrons. The fourth-order valence-electron chi connectivity index (χ4n) is 1.88. The fourth-order valence-corrected chi connectivity index (χ4v) is 2.08. The van der Waals surface area contributed by atoms with Crippen molar-refractivity contribution in [2.24, 2.45) is 0 Å². The molecular weight excluding hydrogens is 291 g/mol. The van der Waals surface area contributed by atoms with Crippen LogP contribution in [-0.2, 0) is 13.1 Å². The molecule has 0 atom stereocenters. The van der Waals surface area contributed by atoms with Crippen LogP contribution in [0.25, 0.3) is 0 Å². The van der Waals surface area contributed by atoms with Crippen LogP contribution in [0, 0.1) is 5.82 Å². The summed E-state index contributed by atoms with van der Waals surface area (Å²) in [6.07, 6.45) is 1.79. The number of nitrogens with zero attached hydrogens (tertiary/aromatic N) is 1. The summed E-state index contributed by atoms with van der Waals surface area (Å²) in [5, 5.41) is 3.42. The lowest BCUT2D eigenvalue weighted by molar-refractivity contribution is 0.229. The van der Waals surface area contributed by atoms with Gasteiger partial charge in [0.05, 0.1) is 11.1 Å². The highest BCUT2D eigenvalue weighted by Crippen LogP contribution is 2.17. The van der Waals surface area contributed by atoms with Crippen molar-refractivity contribution in [2.45, 2.75) is 33.0 Å². The van der Waals surface area contributed by atoms with Gasteiger partial charge < -0.3 is 10.1 Å². The SMILES string of the molecule is CC(C)Oc1ncccc1CNCc1ccc(F)c(Cl)c1. The summed E-state index contributed by atoms with van der Waals surface area (Å²) in [5.41, 5.74) is 1.91. The van der Waals surface area contributed by atoms with E-state index >= 15 is 0 Å². The molecule has 21 heavy (non-hydrogen) atoms. The Morgan fingerprint density at radius 3 is 2.81 bits per heavy atom. The summed E-state index contributed by atoms with van der Waals surface area (Å²) in [6.45, 7) is 5.14. The molecule has 112 valence electrons. The molecule has 0 aliphatic heterocycles. The third-order valence-electron chi connectivity index (χ3n) is 2.83. The van der Waals surface area contributed by atoms with Gasteiger partial charge in [-0.25, -0.2) is 9.37 Å². The van der Waals surface area contributed by atoms with Crippen LogP contribution in [0.1, 0.15) is 25.0 Å². The second-order valence-corrected chi connectivity index (χ2v) is 5.39. The maximum atomic E-state index is 13.1.